The van der Waals surface area contributed by atoms with Crippen LogP contribution in [-0.2, 0) is 11.2 Å². The lowest BCUT2D eigenvalue weighted by Crippen LogP contribution is -2.28. The number of carbonyl (C=O) groups is 1. The monoisotopic (exact) mass is 279 g/mol. The Bertz CT molecular complexity index is 744. The Balaban J connectivity index is 1.75. The highest BCUT2D eigenvalue weighted by Gasteiger charge is 2.12. The minimum absolute atomic E-state index is 0.00440. The van der Waals surface area contributed by atoms with Gasteiger partial charge in [-0.3, -0.25) is 4.79 Å². The molecule has 1 amide bonds. The smallest absolute Gasteiger partial charge is 0.225 e. The summed E-state index contributed by atoms with van der Waals surface area (Å²) in [7, 11) is 0. The minimum atomic E-state index is -0.123. The first kappa shape index (κ1) is 13.4. The van der Waals surface area contributed by atoms with Crippen LogP contribution in [0, 0.1) is 0 Å². The maximum Gasteiger partial charge on any atom is 0.225 e. The zero-order valence-electron chi connectivity index (χ0n) is 11.8. The van der Waals surface area contributed by atoms with Crippen molar-refractivity contribution < 1.29 is 4.79 Å². The summed E-state index contributed by atoms with van der Waals surface area (Å²) in [5, 5.41) is 5.24. The Morgan fingerprint density at radius 1 is 1.24 bits per heavy atom. The van der Waals surface area contributed by atoms with Crippen LogP contribution in [0.5, 0.6) is 0 Å². The third kappa shape index (κ3) is 2.94. The van der Waals surface area contributed by atoms with E-state index in [1.54, 1.807) is 12.4 Å². The van der Waals surface area contributed by atoms with Gasteiger partial charge in [-0.1, -0.05) is 42.5 Å². The van der Waals surface area contributed by atoms with E-state index in [0.29, 0.717) is 6.42 Å². The SMILES string of the molecule is CC(NC(=O)Cc1cccc2ccccc12)c1ncc[nH]1. The molecule has 0 saturated carbocycles. The second-order valence-electron chi connectivity index (χ2n) is 5.08. The minimum Gasteiger partial charge on any atom is -0.347 e. The number of hydrogen-bond donors (Lipinski definition) is 2. The van der Waals surface area contributed by atoms with Crippen LogP contribution in [0.1, 0.15) is 24.4 Å². The van der Waals surface area contributed by atoms with Crippen LogP contribution >= 0.6 is 0 Å². The summed E-state index contributed by atoms with van der Waals surface area (Å²) in [6, 6.07) is 14.0. The molecule has 3 rings (SSSR count). The number of aromatic amines is 1. The first-order valence-electron chi connectivity index (χ1n) is 6.99. The van der Waals surface area contributed by atoms with Gasteiger partial charge in [-0.15, -0.1) is 0 Å². The lowest BCUT2D eigenvalue weighted by atomic mass is 10.0. The molecular weight excluding hydrogens is 262 g/mol. The van der Waals surface area contributed by atoms with E-state index in [1.165, 1.54) is 0 Å². The lowest BCUT2D eigenvalue weighted by molar-refractivity contribution is -0.121. The Kier molecular flexibility index (Phi) is 3.69. The summed E-state index contributed by atoms with van der Waals surface area (Å²) >= 11 is 0. The van der Waals surface area contributed by atoms with Crippen LogP contribution in [0.3, 0.4) is 0 Å². The molecule has 3 aromatic rings. The molecule has 106 valence electrons. The fourth-order valence-corrected chi connectivity index (χ4v) is 2.49. The van der Waals surface area contributed by atoms with Gasteiger partial charge in [0.2, 0.25) is 5.91 Å². The van der Waals surface area contributed by atoms with Crippen LogP contribution in [0.2, 0.25) is 0 Å². The van der Waals surface area contributed by atoms with Crippen LogP contribution in [0.15, 0.2) is 54.9 Å². The van der Waals surface area contributed by atoms with E-state index in [-0.39, 0.29) is 11.9 Å². The predicted molar refractivity (Wildman–Crippen MR) is 82.8 cm³/mol. The van der Waals surface area contributed by atoms with Crippen LogP contribution in [0.25, 0.3) is 10.8 Å². The number of nitrogens with zero attached hydrogens (tertiary/aromatic N) is 1. The van der Waals surface area contributed by atoms with E-state index >= 15 is 0 Å². The molecule has 0 radical (unpaired) electrons. The van der Waals surface area contributed by atoms with Gasteiger partial charge in [0.15, 0.2) is 0 Å². The Morgan fingerprint density at radius 3 is 2.86 bits per heavy atom. The van der Waals surface area contributed by atoms with Crippen molar-refractivity contribution in [3.63, 3.8) is 0 Å². The highest BCUT2D eigenvalue weighted by Crippen LogP contribution is 2.19. The molecule has 0 aliphatic rings. The average molecular weight is 279 g/mol. The van der Waals surface area contributed by atoms with Crippen LogP contribution < -0.4 is 5.32 Å². The Labute approximate surface area is 123 Å². The normalized spacial score (nSPS) is 12.2. The van der Waals surface area contributed by atoms with Crippen molar-refractivity contribution in [2.45, 2.75) is 19.4 Å². The van der Waals surface area contributed by atoms with E-state index < -0.39 is 0 Å². The zero-order valence-corrected chi connectivity index (χ0v) is 11.8. The van der Waals surface area contributed by atoms with Crippen molar-refractivity contribution in [3.8, 4) is 0 Å². The van der Waals surface area contributed by atoms with Gasteiger partial charge >= 0.3 is 0 Å². The quantitative estimate of drug-likeness (QED) is 0.771. The third-order valence-electron chi connectivity index (χ3n) is 3.54. The first-order chi connectivity index (χ1) is 10.2. The van der Waals surface area contributed by atoms with E-state index in [2.05, 4.69) is 27.4 Å². The summed E-state index contributed by atoms with van der Waals surface area (Å²) < 4.78 is 0. The molecule has 0 aliphatic carbocycles. The number of amides is 1. The van der Waals surface area contributed by atoms with Gasteiger partial charge < -0.3 is 10.3 Å². The number of carbonyl (C=O) groups excluding carboxylic acids is 1. The number of aromatic nitrogens is 2. The molecule has 1 heterocycles. The second kappa shape index (κ2) is 5.79. The summed E-state index contributed by atoms with van der Waals surface area (Å²) in [5.74, 6) is 0.761. The van der Waals surface area contributed by atoms with Gasteiger partial charge in [0.1, 0.15) is 5.82 Å². The van der Waals surface area contributed by atoms with E-state index in [4.69, 9.17) is 0 Å². The second-order valence-corrected chi connectivity index (χ2v) is 5.08. The molecule has 4 heteroatoms. The van der Waals surface area contributed by atoms with Crippen molar-refractivity contribution in [1.29, 1.82) is 0 Å². The average Bonchev–Trinajstić information content (AvgIpc) is 3.02. The number of H-pyrrole nitrogens is 1. The molecule has 4 nitrogen and oxygen atoms in total. The molecular formula is C17H17N3O. The molecule has 2 N–H and O–H groups in total. The van der Waals surface area contributed by atoms with Gasteiger partial charge in [-0.25, -0.2) is 4.98 Å². The largest absolute Gasteiger partial charge is 0.347 e. The molecule has 21 heavy (non-hydrogen) atoms. The number of fused-ring (bicyclic) bond motifs is 1. The molecule has 0 saturated heterocycles. The van der Waals surface area contributed by atoms with Gasteiger partial charge in [0.25, 0.3) is 0 Å². The van der Waals surface area contributed by atoms with Gasteiger partial charge in [-0.05, 0) is 23.3 Å². The van der Waals surface area contributed by atoms with Crippen molar-refractivity contribution in [1.82, 2.24) is 15.3 Å². The van der Waals surface area contributed by atoms with Crippen molar-refractivity contribution >= 4 is 16.7 Å². The fourth-order valence-electron chi connectivity index (χ4n) is 2.49. The summed E-state index contributed by atoms with van der Waals surface area (Å²) in [5.41, 5.74) is 1.04. The summed E-state index contributed by atoms with van der Waals surface area (Å²) in [6.45, 7) is 1.92. The molecule has 0 fully saturated rings. The number of rotatable bonds is 4. The topological polar surface area (TPSA) is 57.8 Å². The molecule has 1 atom stereocenters. The summed E-state index contributed by atoms with van der Waals surface area (Å²) in [4.78, 5) is 19.4. The Hall–Kier alpha value is -2.62. The standard InChI is InChI=1S/C17H17N3O/c1-12(17-18-9-10-19-17)20-16(21)11-14-7-4-6-13-5-2-3-8-15(13)14/h2-10,12H,11H2,1H3,(H,18,19)(H,20,21). The van der Waals surface area contributed by atoms with Gasteiger partial charge in [0, 0.05) is 12.4 Å². The number of nitrogens with one attached hydrogen (secondary N) is 2. The fraction of sp³-hybridized carbons (Fsp3) is 0.176. The number of hydrogen-bond acceptors (Lipinski definition) is 2. The molecule has 0 bridgehead atoms. The van der Waals surface area contributed by atoms with Gasteiger partial charge in [0.05, 0.1) is 12.5 Å². The molecule has 1 unspecified atom stereocenters. The van der Waals surface area contributed by atoms with Crippen molar-refractivity contribution in [3.05, 3.63) is 66.2 Å². The van der Waals surface area contributed by atoms with E-state index in [9.17, 15) is 4.79 Å². The number of benzene rings is 2. The van der Waals surface area contributed by atoms with Crippen molar-refractivity contribution in [2.24, 2.45) is 0 Å². The number of imidazole rings is 1. The van der Waals surface area contributed by atoms with E-state index in [1.807, 2.05) is 37.3 Å². The van der Waals surface area contributed by atoms with E-state index in [0.717, 1.165) is 22.2 Å². The first-order valence-corrected chi connectivity index (χ1v) is 6.99. The van der Waals surface area contributed by atoms with Crippen LogP contribution in [0.4, 0.5) is 0 Å². The molecule has 1 aromatic heterocycles. The highest BCUT2D eigenvalue weighted by molar-refractivity contribution is 5.90. The van der Waals surface area contributed by atoms with Crippen molar-refractivity contribution in [2.75, 3.05) is 0 Å². The van der Waals surface area contributed by atoms with Crippen LogP contribution in [-0.4, -0.2) is 15.9 Å². The van der Waals surface area contributed by atoms with Gasteiger partial charge in [-0.2, -0.15) is 0 Å². The maximum absolute atomic E-state index is 12.2. The predicted octanol–water partition coefficient (Wildman–Crippen LogP) is 2.98. The third-order valence-corrected chi connectivity index (χ3v) is 3.54. The molecule has 0 aliphatic heterocycles. The maximum atomic E-state index is 12.2. The molecule has 2 aromatic carbocycles. The zero-order chi connectivity index (χ0) is 14.7. The Morgan fingerprint density at radius 2 is 2.05 bits per heavy atom. The lowest BCUT2D eigenvalue weighted by Gasteiger charge is -2.12. The highest BCUT2D eigenvalue weighted by atomic mass is 16.1. The molecule has 0 spiro atoms. The summed E-state index contributed by atoms with van der Waals surface area (Å²) in [6.07, 6.45) is 3.80.